The highest BCUT2D eigenvalue weighted by molar-refractivity contribution is 5.98. The third-order valence-corrected chi connectivity index (χ3v) is 3.53. The van der Waals surface area contributed by atoms with Gasteiger partial charge in [-0.05, 0) is 37.5 Å². The van der Waals surface area contributed by atoms with Crippen LogP contribution in [0.1, 0.15) is 26.3 Å². The Morgan fingerprint density at radius 2 is 1.69 bits per heavy atom. The summed E-state index contributed by atoms with van der Waals surface area (Å²) in [6.07, 6.45) is 0.710. The molecular formula is C19H26N3O4. The van der Waals surface area contributed by atoms with Crippen LogP contribution >= 0.6 is 0 Å². The molecule has 0 unspecified atom stereocenters. The molecule has 26 heavy (non-hydrogen) atoms. The number of amides is 3. The Kier molecular flexibility index (Phi) is 8.34. The largest absolute Gasteiger partial charge is 0.445 e. The van der Waals surface area contributed by atoms with Crippen LogP contribution in [0.25, 0.3) is 0 Å². The molecular weight excluding hydrogens is 334 g/mol. The van der Waals surface area contributed by atoms with Gasteiger partial charge in [-0.25, -0.2) is 4.79 Å². The van der Waals surface area contributed by atoms with Gasteiger partial charge in [-0.3, -0.25) is 9.59 Å². The summed E-state index contributed by atoms with van der Waals surface area (Å²) in [5.41, 5.74) is 1.44. The zero-order valence-corrected chi connectivity index (χ0v) is 15.4. The lowest BCUT2D eigenvalue weighted by molar-refractivity contribution is -0.128. The monoisotopic (exact) mass is 360 g/mol. The summed E-state index contributed by atoms with van der Waals surface area (Å²) in [5.74, 6) is -1.02. The van der Waals surface area contributed by atoms with Gasteiger partial charge in [0.25, 0.3) is 0 Å². The van der Waals surface area contributed by atoms with Crippen LogP contribution in [-0.2, 0) is 14.3 Å². The maximum atomic E-state index is 12.4. The average molecular weight is 360 g/mol. The van der Waals surface area contributed by atoms with Crippen molar-refractivity contribution in [1.29, 1.82) is 0 Å². The quantitative estimate of drug-likeness (QED) is 0.620. The lowest BCUT2D eigenvalue weighted by Crippen LogP contribution is -2.53. The molecule has 0 spiro atoms. The number of benzene rings is 1. The van der Waals surface area contributed by atoms with Gasteiger partial charge in [0.05, 0.1) is 0 Å². The third-order valence-electron chi connectivity index (χ3n) is 3.53. The fourth-order valence-corrected chi connectivity index (χ4v) is 2.05. The molecule has 3 N–H and O–H groups in total. The fraction of sp³-hybridized carbons (Fsp3) is 0.368. The van der Waals surface area contributed by atoms with Crippen molar-refractivity contribution in [1.82, 2.24) is 10.6 Å². The lowest BCUT2D eigenvalue weighted by atomic mass is 10.0. The Balaban J connectivity index is 2.63. The Bertz CT molecular complexity index is 641. The molecule has 141 valence electrons. The van der Waals surface area contributed by atoms with Crippen molar-refractivity contribution in [3.05, 3.63) is 49.4 Å². The number of carbonyl (C=O) groups is 3. The second kappa shape index (κ2) is 10.2. The zero-order valence-electron chi connectivity index (χ0n) is 15.4. The van der Waals surface area contributed by atoms with E-state index < -0.39 is 24.1 Å². The first-order valence-corrected chi connectivity index (χ1v) is 8.32. The minimum absolute atomic E-state index is 0.0448. The van der Waals surface area contributed by atoms with Gasteiger partial charge in [0.1, 0.15) is 18.7 Å². The third kappa shape index (κ3) is 6.96. The van der Waals surface area contributed by atoms with Gasteiger partial charge in [0, 0.05) is 5.69 Å². The van der Waals surface area contributed by atoms with Crippen LogP contribution in [0, 0.1) is 12.8 Å². The molecule has 0 fully saturated rings. The molecule has 3 amide bonds. The van der Waals surface area contributed by atoms with E-state index in [0.717, 1.165) is 5.56 Å². The topological polar surface area (TPSA) is 96.5 Å². The molecule has 0 heterocycles. The molecule has 0 aliphatic carbocycles. The van der Waals surface area contributed by atoms with Crippen LogP contribution < -0.4 is 16.0 Å². The van der Waals surface area contributed by atoms with E-state index in [1.54, 1.807) is 45.0 Å². The molecule has 1 aromatic rings. The first-order chi connectivity index (χ1) is 12.2. The van der Waals surface area contributed by atoms with E-state index in [1.165, 1.54) is 6.08 Å². The van der Waals surface area contributed by atoms with Gasteiger partial charge >= 0.3 is 6.09 Å². The molecule has 0 aliphatic rings. The average Bonchev–Trinajstić information content (AvgIpc) is 2.59. The van der Waals surface area contributed by atoms with Crippen LogP contribution in [-0.4, -0.2) is 36.6 Å². The maximum absolute atomic E-state index is 12.4. The van der Waals surface area contributed by atoms with E-state index in [9.17, 15) is 14.4 Å². The summed E-state index contributed by atoms with van der Waals surface area (Å²) in [6.45, 7) is 12.4. The van der Waals surface area contributed by atoms with E-state index in [0.29, 0.717) is 5.69 Å². The number of hydrogen-bond acceptors (Lipinski definition) is 4. The SMILES string of the molecule is [CH2]c1ccc(NC(=O)[C@@H](C)NC(=O)[C@H](NC(=O)OCC=C)C(C)C)cc1. The molecule has 7 heteroatoms. The van der Waals surface area contributed by atoms with Gasteiger partial charge in [-0.2, -0.15) is 0 Å². The first kappa shape index (κ1) is 21.2. The Morgan fingerprint density at radius 1 is 1.08 bits per heavy atom. The molecule has 7 nitrogen and oxygen atoms in total. The Labute approximate surface area is 154 Å². The van der Waals surface area contributed by atoms with Crippen LogP contribution in [0.4, 0.5) is 10.5 Å². The van der Waals surface area contributed by atoms with E-state index in [-0.39, 0.29) is 18.4 Å². The van der Waals surface area contributed by atoms with Crippen LogP contribution in [0.2, 0.25) is 0 Å². The number of nitrogens with one attached hydrogen (secondary N) is 3. The first-order valence-electron chi connectivity index (χ1n) is 8.32. The minimum atomic E-state index is -0.826. The maximum Gasteiger partial charge on any atom is 0.408 e. The van der Waals surface area contributed by atoms with Gasteiger partial charge in [0.15, 0.2) is 0 Å². The summed E-state index contributed by atoms with van der Waals surface area (Å²) >= 11 is 0. The number of hydrogen-bond donors (Lipinski definition) is 3. The lowest BCUT2D eigenvalue weighted by Gasteiger charge is -2.23. The van der Waals surface area contributed by atoms with Crippen molar-refractivity contribution in [2.45, 2.75) is 32.9 Å². The summed E-state index contributed by atoms with van der Waals surface area (Å²) in [6, 6.07) is 5.38. The van der Waals surface area contributed by atoms with Crippen molar-refractivity contribution in [3.8, 4) is 0 Å². The molecule has 0 aliphatic heterocycles. The number of rotatable bonds is 8. The smallest absolute Gasteiger partial charge is 0.408 e. The molecule has 0 aromatic heterocycles. The standard InChI is InChI=1S/C19H26N3O4/c1-6-11-26-19(25)22-16(12(2)3)18(24)20-14(5)17(23)21-15-9-7-13(4)8-10-15/h6-10,12,14,16H,1,4,11H2,2-3,5H3,(H,20,24)(H,21,23)(H,22,25)/t14-,16-/m1/s1. The highest BCUT2D eigenvalue weighted by atomic mass is 16.5. The van der Waals surface area contributed by atoms with Crippen molar-refractivity contribution in [2.24, 2.45) is 5.92 Å². The number of carbonyl (C=O) groups excluding carboxylic acids is 3. The van der Waals surface area contributed by atoms with E-state index in [1.807, 2.05) is 0 Å². The molecule has 2 atom stereocenters. The van der Waals surface area contributed by atoms with E-state index in [2.05, 4.69) is 29.5 Å². The van der Waals surface area contributed by atoms with Gasteiger partial charge in [0.2, 0.25) is 11.8 Å². The van der Waals surface area contributed by atoms with Crippen molar-refractivity contribution >= 4 is 23.6 Å². The molecule has 1 rings (SSSR count). The van der Waals surface area contributed by atoms with Gasteiger partial charge < -0.3 is 20.7 Å². The van der Waals surface area contributed by atoms with Gasteiger partial charge in [-0.15, -0.1) is 0 Å². The number of ether oxygens (including phenoxy) is 1. The van der Waals surface area contributed by atoms with Crippen molar-refractivity contribution in [2.75, 3.05) is 11.9 Å². The predicted octanol–water partition coefficient (Wildman–Crippen LogP) is 2.25. The van der Waals surface area contributed by atoms with E-state index >= 15 is 0 Å². The fourth-order valence-electron chi connectivity index (χ4n) is 2.05. The van der Waals surface area contributed by atoms with Crippen LogP contribution in [0.15, 0.2) is 36.9 Å². The number of anilines is 1. The molecule has 0 saturated carbocycles. The second-order valence-corrected chi connectivity index (χ2v) is 6.17. The summed E-state index contributed by atoms with van der Waals surface area (Å²) in [7, 11) is 0. The van der Waals surface area contributed by atoms with Crippen LogP contribution in [0.5, 0.6) is 0 Å². The normalized spacial score (nSPS) is 12.7. The summed E-state index contributed by atoms with van der Waals surface area (Å²) in [4.78, 5) is 36.3. The summed E-state index contributed by atoms with van der Waals surface area (Å²) in [5, 5.41) is 7.80. The predicted molar refractivity (Wildman–Crippen MR) is 100 cm³/mol. The second-order valence-electron chi connectivity index (χ2n) is 6.17. The molecule has 1 radical (unpaired) electrons. The zero-order chi connectivity index (χ0) is 19.7. The van der Waals surface area contributed by atoms with E-state index in [4.69, 9.17) is 4.74 Å². The molecule has 1 aromatic carbocycles. The summed E-state index contributed by atoms with van der Waals surface area (Å²) < 4.78 is 4.83. The molecule has 0 saturated heterocycles. The highest BCUT2D eigenvalue weighted by Crippen LogP contribution is 2.09. The molecule has 0 bridgehead atoms. The van der Waals surface area contributed by atoms with Crippen molar-refractivity contribution < 1.29 is 19.1 Å². The number of alkyl carbamates (subject to hydrolysis) is 1. The van der Waals surface area contributed by atoms with Gasteiger partial charge in [-0.1, -0.05) is 38.6 Å². The Morgan fingerprint density at radius 3 is 2.23 bits per heavy atom. The highest BCUT2D eigenvalue weighted by Gasteiger charge is 2.27. The van der Waals surface area contributed by atoms with Crippen LogP contribution in [0.3, 0.4) is 0 Å². The van der Waals surface area contributed by atoms with Crippen molar-refractivity contribution in [3.63, 3.8) is 0 Å². The minimum Gasteiger partial charge on any atom is -0.445 e. The Hall–Kier alpha value is -2.83.